The van der Waals surface area contributed by atoms with Gasteiger partial charge in [-0.15, -0.1) is 0 Å². The first kappa shape index (κ1) is 24.9. The third kappa shape index (κ3) is 7.36. The predicted octanol–water partition coefficient (Wildman–Crippen LogP) is 1.62. The topological polar surface area (TPSA) is 184 Å². The largest absolute Gasteiger partial charge is 0.473 e. The van der Waals surface area contributed by atoms with Crippen molar-refractivity contribution in [3.8, 4) is 0 Å². The maximum absolute atomic E-state index is 12.5. The minimum absolute atomic E-state index is 0.0478. The van der Waals surface area contributed by atoms with Crippen molar-refractivity contribution in [2.24, 2.45) is 0 Å². The Kier molecular flexibility index (Phi) is 8.51. The molecule has 0 atom stereocenters. The first-order valence-corrected chi connectivity index (χ1v) is 9.54. The van der Waals surface area contributed by atoms with Crippen LogP contribution >= 0.6 is 0 Å². The maximum atomic E-state index is 12.5. The number of non-ortho nitro benzene ring substituents is 2. The third-order valence-electron chi connectivity index (χ3n) is 4.70. The lowest BCUT2D eigenvalue weighted by molar-refractivity contribution is -0.385. The molecule has 33 heavy (non-hydrogen) atoms. The van der Waals surface area contributed by atoms with Crippen molar-refractivity contribution in [1.29, 1.82) is 0 Å². The van der Waals surface area contributed by atoms with Crippen LogP contribution in [0.4, 0.5) is 11.4 Å². The van der Waals surface area contributed by atoms with Crippen LogP contribution in [0.2, 0.25) is 0 Å². The van der Waals surface area contributed by atoms with Gasteiger partial charge in [-0.1, -0.05) is 12.1 Å². The van der Waals surface area contributed by atoms with Gasteiger partial charge in [-0.3, -0.25) is 29.9 Å². The molecule has 174 valence electrons. The van der Waals surface area contributed by atoms with Crippen LogP contribution < -0.4 is 0 Å². The van der Waals surface area contributed by atoms with E-state index in [4.69, 9.17) is 19.8 Å². The molecule has 2 N–H and O–H groups in total. The summed E-state index contributed by atoms with van der Waals surface area (Å²) >= 11 is 0. The van der Waals surface area contributed by atoms with Gasteiger partial charge in [0.15, 0.2) is 0 Å². The summed E-state index contributed by atoms with van der Waals surface area (Å²) in [6.45, 7) is 2.96. The van der Waals surface area contributed by atoms with Crippen molar-refractivity contribution in [2.45, 2.75) is 6.54 Å². The van der Waals surface area contributed by atoms with Gasteiger partial charge in [0.05, 0.1) is 9.85 Å². The molecule has 0 saturated carbocycles. The second-order valence-electron chi connectivity index (χ2n) is 6.91. The lowest BCUT2D eigenvalue weighted by Crippen LogP contribution is -2.48. The molecule has 3 rings (SSSR count). The molecular weight excluding hydrogens is 440 g/mol. The molecule has 13 heteroatoms. The van der Waals surface area contributed by atoms with Crippen molar-refractivity contribution in [1.82, 2.24) is 9.80 Å². The van der Waals surface area contributed by atoms with E-state index in [1.807, 2.05) is 6.07 Å². The molecule has 0 unspecified atom stereocenters. The van der Waals surface area contributed by atoms with Crippen LogP contribution in [0.3, 0.4) is 0 Å². The molecule has 1 fully saturated rings. The van der Waals surface area contributed by atoms with Crippen molar-refractivity contribution in [2.75, 3.05) is 26.2 Å². The molecule has 1 aliphatic rings. The third-order valence-corrected chi connectivity index (χ3v) is 4.70. The van der Waals surface area contributed by atoms with Gasteiger partial charge in [0.25, 0.3) is 17.3 Å². The summed E-state index contributed by atoms with van der Waals surface area (Å²) in [5.74, 6) is -3.80. The number of aliphatic carboxylic acids is 2. The van der Waals surface area contributed by atoms with E-state index in [2.05, 4.69) is 4.90 Å². The highest BCUT2D eigenvalue weighted by molar-refractivity contribution is 6.27. The molecule has 0 spiro atoms. The zero-order chi connectivity index (χ0) is 24.5. The number of piperazine rings is 1. The number of nitrogens with zero attached hydrogens (tertiary/aromatic N) is 4. The van der Waals surface area contributed by atoms with Gasteiger partial charge in [0.2, 0.25) is 0 Å². The number of nitro groups is 2. The zero-order valence-corrected chi connectivity index (χ0v) is 17.2. The van der Waals surface area contributed by atoms with Crippen molar-refractivity contribution >= 4 is 29.2 Å². The van der Waals surface area contributed by atoms with E-state index in [0.29, 0.717) is 38.3 Å². The monoisotopic (exact) mass is 460 g/mol. The molecule has 1 heterocycles. The smallest absolute Gasteiger partial charge is 0.414 e. The Labute approximate surface area is 186 Å². The van der Waals surface area contributed by atoms with E-state index in [1.165, 1.54) is 30.3 Å². The van der Waals surface area contributed by atoms with Crippen molar-refractivity contribution in [3.63, 3.8) is 0 Å². The molecule has 1 aliphatic heterocycles. The summed E-state index contributed by atoms with van der Waals surface area (Å²) in [6, 6.07) is 12.1. The highest BCUT2D eigenvalue weighted by atomic mass is 16.6. The molecule has 1 amide bonds. The number of carboxylic acid groups (broad SMARTS) is 2. The summed E-state index contributed by atoms with van der Waals surface area (Å²) in [5, 5.41) is 36.3. The minimum atomic E-state index is -1.82. The summed E-state index contributed by atoms with van der Waals surface area (Å²) < 4.78 is 0. The molecular formula is C20H20N4O9. The lowest BCUT2D eigenvalue weighted by Gasteiger charge is -2.34. The van der Waals surface area contributed by atoms with E-state index >= 15 is 0 Å². The number of hydrogen-bond donors (Lipinski definition) is 2. The number of amides is 1. The Morgan fingerprint density at radius 3 is 1.85 bits per heavy atom. The first-order chi connectivity index (χ1) is 15.6. The number of carboxylic acids is 2. The van der Waals surface area contributed by atoms with Crippen LogP contribution in [-0.2, 0) is 16.1 Å². The second kappa shape index (κ2) is 11.3. The van der Waals surface area contributed by atoms with E-state index in [1.54, 1.807) is 17.0 Å². The molecule has 0 bridgehead atoms. The van der Waals surface area contributed by atoms with Crippen LogP contribution in [0.1, 0.15) is 15.9 Å². The van der Waals surface area contributed by atoms with Gasteiger partial charge in [0, 0.05) is 62.6 Å². The van der Waals surface area contributed by atoms with Gasteiger partial charge >= 0.3 is 11.9 Å². The molecule has 13 nitrogen and oxygen atoms in total. The van der Waals surface area contributed by atoms with Gasteiger partial charge in [-0.2, -0.15) is 0 Å². The summed E-state index contributed by atoms with van der Waals surface area (Å²) in [5.41, 5.74) is 1.31. The molecule has 0 radical (unpaired) electrons. The molecule has 0 aromatic heterocycles. The van der Waals surface area contributed by atoms with E-state index < -0.39 is 21.8 Å². The molecule has 1 saturated heterocycles. The average molecular weight is 460 g/mol. The quantitative estimate of drug-likeness (QED) is 0.377. The average Bonchev–Trinajstić information content (AvgIpc) is 2.79. The van der Waals surface area contributed by atoms with Crippen LogP contribution in [0.5, 0.6) is 0 Å². The van der Waals surface area contributed by atoms with Crippen LogP contribution in [-0.4, -0.2) is 73.9 Å². The fraction of sp³-hybridized carbons (Fsp3) is 0.250. The Balaban J connectivity index is 0.000000569. The summed E-state index contributed by atoms with van der Waals surface area (Å²) in [7, 11) is 0. The highest BCUT2D eigenvalue weighted by Gasteiger charge is 2.23. The lowest BCUT2D eigenvalue weighted by atomic mass is 10.1. The molecule has 0 aliphatic carbocycles. The molecule has 2 aromatic carbocycles. The second-order valence-corrected chi connectivity index (χ2v) is 6.91. The number of rotatable bonds is 5. The Morgan fingerprint density at radius 2 is 1.36 bits per heavy atom. The van der Waals surface area contributed by atoms with Gasteiger partial charge in [-0.25, -0.2) is 9.59 Å². The zero-order valence-electron chi connectivity index (χ0n) is 17.2. The van der Waals surface area contributed by atoms with Crippen molar-refractivity contribution < 1.29 is 34.4 Å². The fourth-order valence-electron chi connectivity index (χ4n) is 3.04. The van der Waals surface area contributed by atoms with Crippen LogP contribution in [0.25, 0.3) is 0 Å². The van der Waals surface area contributed by atoms with Crippen LogP contribution in [0, 0.1) is 20.2 Å². The number of carbonyl (C=O) groups excluding carboxylic acids is 1. The number of nitro benzene ring substituents is 2. The van der Waals surface area contributed by atoms with Gasteiger partial charge < -0.3 is 15.1 Å². The number of benzene rings is 2. The van der Waals surface area contributed by atoms with E-state index in [-0.39, 0.29) is 17.3 Å². The van der Waals surface area contributed by atoms with Crippen LogP contribution in [0.15, 0.2) is 48.5 Å². The Bertz CT molecular complexity index is 1040. The normalized spacial score (nSPS) is 13.4. The predicted molar refractivity (Wildman–Crippen MR) is 113 cm³/mol. The number of carbonyl (C=O) groups is 3. The fourth-order valence-corrected chi connectivity index (χ4v) is 3.04. The van der Waals surface area contributed by atoms with E-state index in [9.17, 15) is 25.0 Å². The SMILES string of the molecule is O=C(O)C(=O)O.O=C(c1ccc([N+](=O)[O-])cc1)N1CCN(Cc2cccc([N+](=O)[O-])c2)CC1. The Hall–Kier alpha value is -4.39. The summed E-state index contributed by atoms with van der Waals surface area (Å²) in [4.78, 5) is 55.2. The molecule has 2 aromatic rings. The summed E-state index contributed by atoms with van der Waals surface area (Å²) in [6.07, 6.45) is 0. The first-order valence-electron chi connectivity index (χ1n) is 9.54. The number of hydrogen-bond acceptors (Lipinski definition) is 8. The van der Waals surface area contributed by atoms with Gasteiger partial charge in [0.1, 0.15) is 0 Å². The Morgan fingerprint density at radius 1 is 0.818 bits per heavy atom. The van der Waals surface area contributed by atoms with Crippen molar-refractivity contribution in [3.05, 3.63) is 79.9 Å². The van der Waals surface area contributed by atoms with Gasteiger partial charge in [-0.05, 0) is 17.7 Å². The highest BCUT2D eigenvalue weighted by Crippen LogP contribution is 2.17. The maximum Gasteiger partial charge on any atom is 0.414 e. The van der Waals surface area contributed by atoms with E-state index in [0.717, 1.165) is 5.56 Å². The standard InChI is InChI=1S/C18H18N4O5.C2H2O4/c23-18(15-4-6-16(7-5-15)21(24)25)20-10-8-19(9-11-20)13-14-2-1-3-17(12-14)22(26)27;3-1(4)2(5)6/h1-7,12H,8-11,13H2;(H,3,4)(H,5,6). The minimum Gasteiger partial charge on any atom is -0.473 e.